The van der Waals surface area contributed by atoms with Crippen LogP contribution in [0, 0.1) is 0 Å². The highest BCUT2D eigenvalue weighted by atomic mass is 15.4. The van der Waals surface area contributed by atoms with Crippen LogP contribution in [0.3, 0.4) is 0 Å². The fourth-order valence-electron chi connectivity index (χ4n) is 1.71. The van der Waals surface area contributed by atoms with E-state index in [4.69, 9.17) is 0 Å². The van der Waals surface area contributed by atoms with Crippen LogP contribution in [-0.4, -0.2) is 12.1 Å². The smallest absolute Gasteiger partial charge is 0.0214 e. The van der Waals surface area contributed by atoms with Crippen molar-refractivity contribution in [1.82, 2.24) is 10.9 Å². The second-order valence-corrected chi connectivity index (χ2v) is 3.90. The van der Waals surface area contributed by atoms with Gasteiger partial charge in [0.2, 0.25) is 0 Å². The summed E-state index contributed by atoms with van der Waals surface area (Å²) in [5.41, 5.74) is 6.81. The third-order valence-corrected chi connectivity index (χ3v) is 2.67. The van der Waals surface area contributed by atoms with Crippen molar-refractivity contribution in [3.8, 4) is 0 Å². The van der Waals surface area contributed by atoms with Crippen LogP contribution in [0.2, 0.25) is 0 Å². The zero-order valence-corrected chi connectivity index (χ0v) is 7.10. The number of rotatable bonds is 3. The lowest BCUT2D eigenvalue weighted by atomic mass is 9.96. The molecule has 2 aliphatic carbocycles. The van der Waals surface area contributed by atoms with Gasteiger partial charge in [-0.05, 0) is 25.7 Å². The molecule has 0 aromatic heterocycles. The molecule has 0 aromatic rings. The largest absolute Gasteiger partial charge is 0.255 e. The van der Waals surface area contributed by atoms with Gasteiger partial charge in [-0.1, -0.05) is 19.3 Å². The summed E-state index contributed by atoms with van der Waals surface area (Å²) in [4.78, 5) is 0. The van der Waals surface area contributed by atoms with E-state index < -0.39 is 0 Å². The van der Waals surface area contributed by atoms with Crippen LogP contribution in [0.5, 0.6) is 0 Å². The minimum absolute atomic E-state index is 0.768. The molecule has 2 fully saturated rings. The monoisotopic (exact) mass is 154 g/mol. The molecule has 64 valence electrons. The normalized spacial score (nSPS) is 27.3. The first kappa shape index (κ1) is 7.56. The van der Waals surface area contributed by atoms with E-state index in [1.807, 2.05) is 0 Å². The predicted octanol–water partition coefficient (Wildman–Crippen LogP) is 1.58. The van der Waals surface area contributed by atoms with Gasteiger partial charge in [0.1, 0.15) is 0 Å². The van der Waals surface area contributed by atoms with Crippen LogP contribution in [0.25, 0.3) is 0 Å². The van der Waals surface area contributed by atoms with Crippen LogP contribution in [0.15, 0.2) is 0 Å². The average molecular weight is 154 g/mol. The molecule has 2 aliphatic rings. The van der Waals surface area contributed by atoms with Gasteiger partial charge in [-0.25, -0.2) is 0 Å². The molecule has 0 aliphatic heterocycles. The van der Waals surface area contributed by atoms with Crippen molar-refractivity contribution in [2.24, 2.45) is 0 Å². The molecule has 0 heterocycles. The number of nitrogens with one attached hydrogen (secondary N) is 2. The Balaban J connectivity index is 1.59. The minimum Gasteiger partial charge on any atom is -0.255 e. The topological polar surface area (TPSA) is 24.1 Å². The molecule has 0 aromatic carbocycles. The van der Waals surface area contributed by atoms with Gasteiger partial charge in [0.15, 0.2) is 0 Å². The van der Waals surface area contributed by atoms with E-state index in [1.165, 1.54) is 44.9 Å². The van der Waals surface area contributed by atoms with E-state index in [2.05, 4.69) is 10.9 Å². The van der Waals surface area contributed by atoms with Gasteiger partial charge in [0.05, 0.1) is 0 Å². The lowest BCUT2D eigenvalue weighted by molar-refractivity contribution is 0.332. The van der Waals surface area contributed by atoms with Crippen LogP contribution < -0.4 is 10.9 Å². The highest BCUT2D eigenvalue weighted by Gasteiger charge is 2.22. The molecule has 0 spiro atoms. The summed E-state index contributed by atoms with van der Waals surface area (Å²) in [5.74, 6) is 0. The van der Waals surface area contributed by atoms with Crippen molar-refractivity contribution >= 4 is 0 Å². The summed E-state index contributed by atoms with van der Waals surface area (Å²) >= 11 is 0. The van der Waals surface area contributed by atoms with Crippen molar-refractivity contribution in [1.29, 1.82) is 0 Å². The summed E-state index contributed by atoms with van der Waals surface area (Å²) in [6, 6.07) is 1.57. The van der Waals surface area contributed by atoms with E-state index in [9.17, 15) is 0 Å². The Morgan fingerprint density at radius 1 is 0.636 bits per heavy atom. The Kier molecular flexibility index (Phi) is 2.44. The van der Waals surface area contributed by atoms with E-state index in [0.717, 1.165) is 12.1 Å². The van der Waals surface area contributed by atoms with Crippen LogP contribution in [0.4, 0.5) is 0 Å². The molecule has 2 rings (SSSR count). The number of hydrogen-bond acceptors (Lipinski definition) is 2. The molecule has 2 nitrogen and oxygen atoms in total. The zero-order chi connectivity index (χ0) is 7.52. The standard InChI is InChI=1S/C9H18N2/c1-2-4-8(5-3-1)10-11-9-6-7-9/h8-11H,1-7H2. The Morgan fingerprint density at radius 3 is 1.73 bits per heavy atom. The molecular formula is C9H18N2. The van der Waals surface area contributed by atoms with Gasteiger partial charge in [-0.3, -0.25) is 10.9 Å². The summed E-state index contributed by atoms with van der Waals surface area (Å²) in [6.45, 7) is 0. The molecule has 11 heavy (non-hydrogen) atoms. The van der Waals surface area contributed by atoms with Gasteiger partial charge >= 0.3 is 0 Å². The van der Waals surface area contributed by atoms with E-state index in [1.54, 1.807) is 0 Å². The molecule has 0 radical (unpaired) electrons. The molecule has 0 unspecified atom stereocenters. The third-order valence-electron chi connectivity index (χ3n) is 2.67. The van der Waals surface area contributed by atoms with E-state index in [-0.39, 0.29) is 0 Å². The minimum atomic E-state index is 0.768. The molecule has 0 amide bonds. The van der Waals surface area contributed by atoms with Crippen molar-refractivity contribution in [3.63, 3.8) is 0 Å². The van der Waals surface area contributed by atoms with E-state index in [0.29, 0.717) is 0 Å². The molecular weight excluding hydrogens is 136 g/mol. The van der Waals surface area contributed by atoms with Crippen molar-refractivity contribution in [3.05, 3.63) is 0 Å². The first-order chi connectivity index (χ1) is 5.45. The second-order valence-electron chi connectivity index (χ2n) is 3.90. The van der Waals surface area contributed by atoms with E-state index >= 15 is 0 Å². The summed E-state index contributed by atoms with van der Waals surface area (Å²) in [5, 5.41) is 0. The lowest BCUT2D eigenvalue weighted by Crippen LogP contribution is -2.42. The van der Waals surface area contributed by atoms with Crippen LogP contribution in [-0.2, 0) is 0 Å². The highest BCUT2D eigenvalue weighted by molar-refractivity contribution is 4.80. The Morgan fingerprint density at radius 2 is 1.18 bits per heavy atom. The zero-order valence-electron chi connectivity index (χ0n) is 7.10. The molecule has 0 bridgehead atoms. The molecule has 2 N–H and O–H groups in total. The van der Waals surface area contributed by atoms with Crippen LogP contribution in [0.1, 0.15) is 44.9 Å². The second kappa shape index (κ2) is 3.55. The van der Waals surface area contributed by atoms with Crippen molar-refractivity contribution in [2.75, 3.05) is 0 Å². The van der Waals surface area contributed by atoms with Crippen molar-refractivity contribution in [2.45, 2.75) is 57.0 Å². The maximum Gasteiger partial charge on any atom is 0.0214 e. The first-order valence-corrected chi connectivity index (χ1v) is 4.96. The molecule has 0 saturated heterocycles. The average Bonchev–Trinajstić information content (AvgIpc) is 2.86. The Labute approximate surface area is 68.7 Å². The van der Waals surface area contributed by atoms with Gasteiger partial charge < -0.3 is 0 Å². The predicted molar refractivity (Wildman–Crippen MR) is 46.2 cm³/mol. The van der Waals surface area contributed by atoms with Crippen molar-refractivity contribution < 1.29 is 0 Å². The van der Waals surface area contributed by atoms with Gasteiger partial charge in [0, 0.05) is 12.1 Å². The molecule has 0 atom stereocenters. The Bertz CT molecular complexity index is 115. The summed E-state index contributed by atoms with van der Waals surface area (Å²) < 4.78 is 0. The third kappa shape index (κ3) is 2.46. The Hall–Kier alpha value is -0.0800. The quantitative estimate of drug-likeness (QED) is 0.603. The fourth-order valence-corrected chi connectivity index (χ4v) is 1.71. The van der Waals surface area contributed by atoms with Gasteiger partial charge in [-0.2, -0.15) is 0 Å². The van der Waals surface area contributed by atoms with Gasteiger partial charge in [-0.15, -0.1) is 0 Å². The summed E-state index contributed by atoms with van der Waals surface area (Å²) in [7, 11) is 0. The number of hydrazine groups is 1. The summed E-state index contributed by atoms with van der Waals surface area (Å²) in [6.07, 6.45) is 9.79. The molecule has 2 heteroatoms. The maximum atomic E-state index is 3.43. The lowest BCUT2D eigenvalue weighted by Gasteiger charge is -2.22. The SMILES string of the molecule is C1CCC(NNC2CC2)CC1. The maximum absolute atomic E-state index is 3.43. The number of hydrogen-bond donors (Lipinski definition) is 2. The van der Waals surface area contributed by atoms with Crippen LogP contribution >= 0.6 is 0 Å². The van der Waals surface area contributed by atoms with Gasteiger partial charge in [0.25, 0.3) is 0 Å². The first-order valence-electron chi connectivity index (χ1n) is 4.96. The molecule has 2 saturated carbocycles. The fraction of sp³-hybridized carbons (Fsp3) is 1.00. The highest BCUT2D eigenvalue weighted by Crippen LogP contribution is 2.20.